The average Bonchev–Trinajstić information content (AvgIpc) is 3.39. The molecule has 0 spiro atoms. The summed E-state index contributed by atoms with van der Waals surface area (Å²) in [6.45, 7) is 6.44. The third-order valence-electron chi connectivity index (χ3n) is 6.78. The lowest BCUT2D eigenvalue weighted by Gasteiger charge is -2.39. The van der Waals surface area contributed by atoms with E-state index in [9.17, 15) is 14.4 Å². The molecular weight excluding hydrogens is 452 g/mol. The molecule has 4 aliphatic heterocycles. The van der Waals surface area contributed by atoms with Crippen molar-refractivity contribution in [2.45, 2.75) is 25.7 Å². The van der Waals surface area contributed by atoms with E-state index in [1.165, 1.54) is 4.90 Å². The Bertz CT molecular complexity index is 1050. The third kappa shape index (κ3) is 4.48. The van der Waals surface area contributed by atoms with Crippen molar-refractivity contribution in [3.63, 3.8) is 0 Å². The van der Waals surface area contributed by atoms with Gasteiger partial charge < -0.3 is 24.2 Å². The Morgan fingerprint density at radius 2 is 1.86 bits per heavy atom. The number of likely N-dealkylation sites (N-methyl/N-ethyl adjacent to an activating group) is 1. The van der Waals surface area contributed by atoms with E-state index in [-0.39, 0.29) is 6.61 Å². The van der Waals surface area contributed by atoms with Gasteiger partial charge in [-0.05, 0) is 12.5 Å². The number of imide groups is 1. The largest absolute Gasteiger partial charge is 0.459 e. The molecule has 0 N–H and O–H groups in total. The molecule has 0 saturated carbocycles. The van der Waals surface area contributed by atoms with Crippen LogP contribution in [0.1, 0.15) is 12.5 Å². The molecule has 11 nitrogen and oxygen atoms in total. The van der Waals surface area contributed by atoms with Crippen LogP contribution in [0.4, 0.5) is 4.79 Å². The molecule has 0 bridgehead atoms. The van der Waals surface area contributed by atoms with Crippen LogP contribution in [0.15, 0.2) is 47.2 Å². The first-order chi connectivity index (χ1) is 16.9. The van der Waals surface area contributed by atoms with Crippen LogP contribution in [0.25, 0.3) is 0 Å². The minimum atomic E-state index is -0.710. The summed E-state index contributed by atoms with van der Waals surface area (Å²) in [4.78, 5) is 52.3. The highest BCUT2D eigenvalue weighted by Crippen LogP contribution is 2.33. The number of carbonyl (C=O) groups excluding carboxylic acids is 3. The number of guanidine groups is 1. The number of nitrogens with zero attached hydrogens (tertiary/aromatic N) is 6. The molecule has 2 atom stereocenters. The number of rotatable bonds is 7. The number of fused-ring (bicyclic) bond motifs is 3. The molecule has 4 heterocycles. The van der Waals surface area contributed by atoms with Crippen LogP contribution in [0.3, 0.4) is 0 Å². The van der Waals surface area contributed by atoms with E-state index in [0.29, 0.717) is 5.96 Å². The number of carbonyl (C=O) groups is 3. The normalized spacial score (nSPS) is 24.4. The zero-order valence-electron chi connectivity index (χ0n) is 20.0. The number of hydrogen-bond donors (Lipinski definition) is 0. The van der Waals surface area contributed by atoms with E-state index >= 15 is 0 Å². The zero-order chi connectivity index (χ0) is 24.5. The number of hydrogen-bond acceptors (Lipinski definition) is 9. The van der Waals surface area contributed by atoms with Gasteiger partial charge in [-0.25, -0.2) is 9.79 Å². The van der Waals surface area contributed by atoms with Crippen molar-refractivity contribution in [3.8, 4) is 0 Å². The maximum absolute atomic E-state index is 13.4. The molecule has 1 aromatic rings. The Morgan fingerprint density at radius 3 is 2.60 bits per heavy atom. The number of aliphatic imine (C=N–C) groups is 1. The van der Waals surface area contributed by atoms with Gasteiger partial charge in [-0.1, -0.05) is 30.3 Å². The quantitative estimate of drug-likeness (QED) is 0.519. The van der Waals surface area contributed by atoms with E-state index in [4.69, 9.17) is 14.5 Å². The van der Waals surface area contributed by atoms with Gasteiger partial charge in [-0.3, -0.25) is 19.4 Å². The van der Waals surface area contributed by atoms with Gasteiger partial charge in [-0.2, -0.15) is 0 Å². The Kier molecular flexibility index (Phi) is 6.44. The highest BCUT2D eigenvalue weighted by molar-refractivity contribution is 6.06. The van der Waals surface area contributed by atoms with Crippen LogP contribution < -0.4 is 0 Å². The van der Waals surface area contributed by atoms with Crippen LogP contribution >= 0.6 is 0 Å². The molecule has 1 aromatic carbocycles. The van der Waals surface area contributed by atoms with Crippen LogP contribution in [0, 0.1) is 0 Å². The number of morpholine rings is 1. The molecule has 35 heavy (non-hydrogen) atoms. The predicted molar refractivity (Wildman–Crippen MR) is 126 cm³/mol. The van der Waals surface area contributed by atoms with E-state index in [2.05, 4.69) is 9.80 Å². The molecule has 0 aromatic heterocycles. The standard InChI is InChI=1S/C24H30N6O5/c1-17-14-29-20-21(25-23(29)28(17)9-8-27-10-12-34-13-11-27)26(2)24(33)30(22(20)32)15-19(31)35-16-18-6-4-3-5-7-18/h3-7,14,20-21H,8-13,15-16H2,1-2H3. The number of esters is 1. The molecule has 2 saturated heterocycles. The highest BCUT2D eigenvalue weighted by Gasteiger charge is 2.54. The second-order valence-corrected chi connectivity index (χ2v) is 9.04. The molecule has 5 rings (SSSR count). The summed E-state index contributed by atoms with van der Waals surface area (Å²) in [7, 11) is 1.61. The summed E-state index contributed by atoms with van der Waals surface area (Å²) in [5.74, 6) is -0.429. The van der Waals surface area contributed by atoms with Gasteiger partial charge in [0.05, 0.1) is 13.2 Å². The van der Waals surface area contributed by atoms with Crippen molar-refractivity contribution >= 4 is 23.9 Å². The summed E-state index contributed by atoms with van der Waals surface area (Å²) in [6, 6.07) is 7.99. The predicted octanol–water partition coefficient (Wildman–Crippen LogP) is 0.499. The molecule has 3 amide bonds. The minimum absolute atomic E-state index is 0.0806. The Balaban J connectivity index is 1.25. The molecule has 0 radical (unpaired) electrons. The van der Waals surface area contributed by atoms with Gasteiger partial charge in [0.25, 0.3) is 5.91 Å². The summed E-state index contributed by atoms with van der Waals surface area (Å²) in [5.41, 5.74) is 1.81. The van der Waals surface area contributed by atoms with Crippen molar-refractivity contribution in [2.75, 3.05) is 53.0 Å². The summed E-state index contributed by atoms with van der Waals surface area (Å²) in [6.07, 6.45) is 1.26. The van der Waals surface area contributed by atoms with Gasteiger partial charge in [-0.15, -0.1) is 0 Å². The first-order valence-corrected chi connectivity index (χ1v) is 11.8. The van der Waals surface area contributed by atoms with Crippen molar-refractivity contribution < 1.29 is 23.9 Å². The Hall–Kier alpha value is -3.44. The summed E-state index contributed by atoms with van der Waals surface area (Å²) in [5, 5.41) is 0. The van der Waals surface area contributed by atoms with Crippen LogP contribution in [-0.4, -0.2) is 114 Å². The minimum Gasteiger partial charge on any atom is -0.459 e. The fourth-order valence-electron chi connectivity index (χ4n) is 4.80. The van der Waals surface area contributed by atoms with Gasteiger partial charge in [0.2, 0.25) is 5.96 Å². The molecule has 186 valence electrons. The maximum atomic E-state index is 13.4. The van der Waals surface area contributed by atoms with E-state index in [0.717, 1.165) is 55.6 Å². The monoisotopic (exact) mass is 482 g/mol. The number of urea groups is 1. The van der Waals surface area contributed by atoms with Gasteiger partial charge in [0, 0.05) is 45.1 Å². The molecule has 0 aliphatic carbocycles. The van der Waals surface area contributed by atoms with Crippen molar-refractivity contribution in [2.24, 2.45) is 4.99 Å². The second kappa shape index (κ2) is 9.67. The summed E-state index contributed by atoms with van der Waals surface area (Å²) >= 11 is 0. The van der Waals surface area contributed by atoms with E-state index in [1.54, 1.807) is 7.05 Å². The van der Waals surface area contributed by atoms with E-state index in [1.807, 2.05) is 48.4 Å². The molecule has 2 unspecified atom stereocenters. The lowest BCUT2D eigenvalue weighted by atomic mass is 10.1. The number of amides is 3. The second-order valence-electron chi connectivity index (χ2n) is 9.04. The van der Waals surface area contributed by atoms with Gasteiger partial charge in [0.1, 0.15) is 13.2 Å². The summed E-state index contributed by atoms with van der Waals surface area (Å²) < 4.78 is 10.7. The van der Waals surface area contributed by atoms with Crippen LogP contribution in [0.5, 0.6) is 0 Å². The number of benzene rings is 1. The molecular formula is C24H30N6O5. The van der Waals surface area contributed by atoms with Gasteiger partial charge >= 0.3 is 12.0 Å². The van der Waals surface area contributed by atoms with Gasteiger partial charge in [0.15, 0.2) is 12.2 Å². The highest BCUT2D eigenvalue weighted by atomic mass is 16.5. The Labute approximate surface area is 204 Å². The molecule has 2 fully saturated rings. The number of allylic oxidation sites excluding steroid dienone is 1. The van der Waals surface area contributed by atoms with Crippen LogP contribution in [0.2, 0.25) is 0 Å². The Morgan fingerprint density at radius 1 is 1.11 bits per heavy atom. The fourth-order valence-corrected chi connectivity index (χ4v) is 4.80. The SMILES string of the molecule is CC1=CN2C(=NC3C2C(=O)N(CC(=O)OCc2ccccc2)C(=O)N3C)N1CCN1CCOCC1. The fraction of sp³-hybridized carbons (Fsp3) is 0.500. The number of ether oxygens (including phenoxy) is 2. The lowest BCUT2D eigenvalue weighted by Crippen LogP contribution is -2.65. The maximum Gasteiger partial charge on any atom is 0.328 e. The van der Waals surface area contributed by atoms with Crippen molar-refractivity contribution in [3.05, 3.63) is 47.8 Å². The topological polar surface area (TPSA) is 98.2 Å². The van der Waals surface area contributed by atoms with E-state index < -0.39 is 36.7 Å². The van der Waals surface area contributed by atoms with Crippen molar-refractivity contribution in [1.82, 2.24) is 24.5 Å². The first kappa shape index (κ1) is 23.3. The van der Waals surface area contributed by atoms with Crippen molar-refractivity contribution in [1.29, 1.82) is 0 Å². The van der Waals surface area contributed by atoms with Crippen LogP contribution in [-0.2, 0) is 25.7 Å². The molecule has 4 aliphatic rings. The average molecular weight is 483 g/mol. The lowest BCUT2D eigenvalue weighted by molar-refractivity contribution is -0.151. The smallest absolute Gasteiger partial charge is 0.328 e. The zero-order valence-corrected chi connectivity index (χ0v) is 20.0. The first-order valence-electron chi connectivity index (χ1n) is 11.8. The molecule has 11 heteroatoms. The third-order valence-corrected chi connectivity index (χ3v) is 6.78.